The van der Waals surface area contributed by atoms with Crippen LogP contribution >= 0.6 is 11.8 Å². The van der Waals surface area contributed by atoms with Crippen molar-refractivity contribution in [2.45, 2.75) is 31.5 Å². The summed E-state index contributed by atoms with van der Waals surface area (Å²) in [6.45, 7) is 0.816. The number of carbonyl (C=O) groups excluding carboxylic acids is 2. The first-order chi connectivity index (χ1) is 12.6. The molecule has 1 aromatic rings. The number of hydrogen-bond donors (Lipinski definition) is 2. The second-order valence-electron chi connectivity index (χ2n) is 6.38. The first-order valence-corrected chi connectivity index (χ1v) is 9.80. The van der Waals surface area contributed by atoms with Gasteiger partial charge in [0, 0.05) is 26.0 Å². The van der Waals surface area contributed by atoms with E-state index in [1.807, 2.05) is 23.1 Å². The number of aliphatic imine (C=N–C) groups is 1. The lowest BCUT2D eigenvalue weighted by atomic mass is 10.1. The maximum Gasteiger partial charge on any atom is 0.325 e. The predicted molar refractivity (Wildman–Crippen MR) is 102 cm³/mol. The third kappa shape index (κ3) is 4.02. The molecule has 3 amide bonds. The molecule has 8 heteroatoms. The van der Waals surface area contributed by atoms with Gasteiger partial charge in [0.1, 0.15) is 0 Å². The van der Waals surface area contributed by atoms with Gasteiger partial charge in [-0.05, 0) is 24.8 Å². The van der Waals surface area contributed by atoms with Crippen molar-refractivity contribution in [3.05, 3.63) is 35.9 Å². The Morgan fingerprint density at radius 2 is 2.00 bits per heavy atom. The molecule has 0 saturated carbocycles. The average molecular weight is 376 g/mol. The molecule has 2 heterocycles. The smallest absolute Gasteiger partial charge is 0.325 e. The largest absolute Gasteiger partial charge is 0.396 e. The SMILES string of the molecule is CN1C(=O)NC(=O)C2C1N=C(SCCCO)N2CCCc1ccccc1. The highest BCUT2D eigenvalue weighted by atomic mass is 32.2. The van der Waals surface area contributed by atoms with E-state index in [0.717, 1.165) is 23.8 Å². The summed E-state index contributed by atoms with van der Waals surface area (Å²) in [4.78, 5) is 32.4. The molecule has 0 spiro atoms. The summed E-state index contributed by atoms with van der Waals surface area (Å²) in [5.74, 6) is 0.433. The lowest BCUT2D eigenvalue weighted by molar-refractivity contribution is -0.127. The Bertz CT molecular complexity index is 682. The minimum absolute atomic E-state index is 0.125. The molecule has 2 unspecified atom stereocenters. The summed E-state index contributed by atoms with van der Waals surface area (Å²) in [5, 5.41) is 12.2. The monoisotopic (exact) mass is 376 g/mol. The Morgan fingerprint density at radius 1 is 1.23 bits per heavy atom. The number of nitrogens with one attached hydrogen (secondary N) is 1. The quantitative estimate of drug-likeness (QED) is 0.701. The molecule has 0 aromatic heterocycles. The van der Waals surface area contributed by atoms with Gasteiger partial charge in [-0.15, -0.1) is 0 Å². The number of amidine groups is 1. The highest BCUT2D eigenvalue weighted by Gasteiger charge is 2.48. The van der Waals surface area contributed by atoms with Gasteiger partial charge in [-0.3, -0.25) is 10.1 Å². The molecular weight excluding hydrogens is 352 g/mol. The molecule has 2 atom stereocenters. The number of carbonyl (C=O) groups is 2. The molecule has 1 fully saturated rings. The van der Waals surface area contributed by atoms with E-state index in [9.17, 15) is 9.59 Å². The van der Waals surface area contributed by atoms with E-state index < -0.39 is 18.2 Å². The van der Waals surface area contributed by atoms with Crippen LogP contribution in [0.15, 0.2) is 35.3 Å². The molecule has 0 bridgehead atoms. The molecule has 2 aliphatic heterocycles. The zero-order valence-corrected chi connectivity index (χ0v) is 15.6. The molecular formula is C18H24N4O3S. The van der Waals surface area contributed by atoms with Gasteiger partial charge in [-0.25, -0.2) is 9.79 Å². The van der Waals surface area contributed by atoms with Crippen LogP contribution in [0.2, 0.25) is 0 Å². The molecule has 1 aromatic carbocycles. The Kier molecular flexibility index (Phi) is 6.16. The van der Waals surface area contributed by atoms with Gasteiger partial charge >= 0.3 is 6.03 Å². The van der Waals surface area contributed by atoms with E-state index in [4.69, 9.17) is 5.11 Å². The third-order valence-electron chi connectivity index (χ3n) is 4.56. The number of benzene rings is 1. The summed E-state index contributed by atoms with van der Waals surface area (Å²) in [5.41, 5.74) is 1.26. The number of urea groups is 1. The highest BCUT2D eigenvalue weighted by Crippen LogP contribution is 2.29. The van der Waals surface area contributed by atoms with E-state index in [0.29, 0.717) is 13.0 Å². The maximum atomic E-state index is 12.4. The number of aliphatic hydroxyl groups is 1. The normalized spacial score (nSPS) is 22.3. The topological polar surface area (TPSA) is 85.2 Å². The van der Waals surface area contributed by atoms with Crippen LogP contribution in [0.4, 0.5) is 4.79 Å². The number of fused-ring (bicyclic) bond motifs is 1. The summed E-state index contributed by atoms with van der Waals surface area (Å²) < 4.78 is 0. The Hall–Kier alpha value is -2.06. The lowest BCUT2D eigenvalue weighted by Crippen LogP contribution is -2.63. The van der Waals surface area contributed by atoms with E-state index in [-0.39, 0.29) is 12.5 Å². The molecule has 3 rings (SSSR count). The second kappa shape index (κ2) is 8.55. The van der Waals surface area contributed by atoms with Crippen LogP contribution in [-0.4, -0.2) is 70.2 Å². The molecule has 2 N–H and O–H groups in total. The molecule has 26 heavy (non-hydrogen) atoms. The number of aliphatic hydroxyl groups excluding tert-OH is 1. The molecule has 0 aliphatic carbocycles. The number of amides is 3. The first kappa shape index (κ1) is 18.7. The van der Waals surface area contributed by atoms with Gasteiger partial charge in [-0.2, -0.15) is 0 Å². The molecule has 2 aliphatic rings. The fourth-order valence-electron chi connectivity index (χ4n) is 3.18. The number of rotatable bonds is 7. The van der Waals surface area contributed by atoms with Crippen LogP contribution in [0.1, 0.15) is 18.4 Å². The lowest BCUT2D eigenvalue weighted by Gasteiger charge is -2.36. The van der Waals surface area contributed by atoms with Crippen LogP contribution in [0, 0.1) is 0 Å². The van der Waals surface area contributed by atoms with Gasteiger partial charge < -0.3 is 14.9 Å². The first-order valence-electron chi connectivity index (χ1n) is 8.81. The fraction of sp³-hybridized carbons (Fsp3) is 0.500. The minimum atomic E-state index is -0.482. The van der Waals surface area contributed by atoms with Crippen molar-refractivity contribution >= 4 is 28.9 Å². The maximum absolute atomic E-state index is 12.4. The minimum Gasteiger partial charge on any atom is -0.396 e. The number of nitrogens with zero attached hydrogens (tertiary/aromatic N) is 3. The van der Waals surface area contributed by atoms with E-state index in [2.05, 4.69) is 22.4 Å². The number of likely N-dealkylation sites (N-methyl/N-ethyl adjacent to an activating group) is 1. The van der Waals surface area contributed by atoms with Gasteiger partial charge in [0.05, 0.1) is 0 Å². The summed E-state index contributed by atoms with van der Waals surface area (Å²) >= 11 is 1.53. The van der Waals surface area contributed by atoms with E-state index >= 15 is 0 Å². The van der Waals surface area contributed by atoms with Crippen LogP contribution in [0.5, 0.6) is 0 Å². The van der Waals surface area contributed by atoms with Crippen LogP contribution in [0.25, 0.3) is 0 Å². The Labute approximate surface area is 157 Å². The van der Waals surface area contributed by atoms with Crippen LogP contribution in [0.3, 0.4) is 0 Å². The van der Waals surface area contributed by atoms with Crippen molar-refractivity contribution in [2.24, 2.45) is 4.99 Å². The van der Waals surface area contributed by atoms with Crippen molar-refractivity contribution in [1.82, 2.24) is 15.1 Å². The van der Waals surface area contributed by atoms with E-state index in [1.165, 1.54) is 22.2 Å². The standard InChI is InChI=1S/C18H24N4O3S/c1-21-15-14(16(24)20-17(21)25)22(18(19-15)26-12-6-11-23)10-5-9-13-7-3-2-4-8-13/h2-4,7-8,14-15,23H,5-6,9-12H2,1H3,(H,20,24,25). The summed E-state index contributed by atoms with van der Waals surface area (Å²) in [7, 11) is 1.66. The predicted octanol–water partition coefficient (Wildman–Crippen LogP) is 1.28. The van der Waals surface area contributed by atoms with Gasteiger partial charge in [-0.1, -0.05) is 42.1 Å². The summed E-state index contributed by atoms with van der Waals surface area (Å²) in [6, 6.07) is 9.34. The van der Waals surface area contributed by atoms with Crippen molar-refractivity contribution in [3.8, 4) is 0 Å². The summed E-state index contributed by atoms with van der Waals surface area (Å²) in [6.07, 6.45) is 1.99. The molecule has 140 valence electrons. The highest BCUT2D eigenvalue weighted by molar-refractivity contribution is 8.13. The van der Waals surface area contributed by atoms with Crippen molar-refractivity contribution in [2.75, 3.05) is 26.0 Å². The number of hydrogen-bond acceptors (Lipinski definition) is 6. The van der Waals surface area contributed by atoms with Gasteiger partial charge in [0.2, 0.25) is 0 Å². The van der Waals surface area contributed by atoms with E-state index in [1.54, 1.807) is 7.05 Å². The number of thioether (sulfide) groups is 1. The molecule has 0 radical (unpaired) electrons. The third-order valence-corrected chi connectivity index (χ3v) is 5.65. The fourth-order valence-corrected chi connectivity index (χ4v) is 4.19. The van der Waals surface area contributed by atoms with Crippen molar-refractivity contribution < 1.29 is 14.7 Å². The molecule has 7 nitrogen and oxygen atoms in total. The second-order valence-corrected chi connectivity index (χ2v) is 7.45. The molecule has 1 saturated heterocycles. The van der Waals surface area contributed by atoms with Crippen LogP contribution < -0.4 is 5.32 Å². The zero-order chi connectivity index (χ0) is 18.5. The number of aryl methyl sites for hydroxylation is 1. The van der Waals surface area contributed by atoms with Crippen LogP contribution in [-0.2, 0) is 11.2 Å². The van der Waals surface area contributed by atoms with Crippen molar-refractivity contribution in [1.29, 1.82) is 0 Å². The Morgan fingerprint density at radius 3 is 2.73 bits per heavy atom. The van der Waals surface area contributed by atoms with Crippen molar-refractivity contribution in [3.63, 3.8) is 0 Å². The average Bonchev–Trinajstić information content (AvgIpc) is 3.00. The van der Waals surface area contributed by atoms with Gasteiger partial charge in [0.25, 0.3) is 5.91 Å². The Balaban J connectivity index is 1.69. The van der Waals surface area contributed by atoms with Gasteiger partial charge in [0.15, 0.2) is 17.4 Å². The zero-order valence-electron chi connectivity index (χ0n) is 14.8. The number of imide groups is 1.